The van der Waals surface area contributed by atoms with Crippen molar-refractivity contribution in [3.8, 4) is 0 Å². The maximum atomic E-state index is 13.5. The summed E-state index contributed by atoms with van der Waals surface area (Å²) in [6.07, 6.45) is 4.63. The maximum absolute atomic E-state index is 13.5. The molecule has 0 aromatic heterocycles. The second-order valence-corrected chi connectivity index (χ2v) is 10.8. The molecule has 0 heterocycles. The molecule has 0 aliphatic heterocycles. The fraction of sp³-hybridized carbons (Fsp3) is 0.458. The normalized spacial score (nSPS) is 22.8. The summed E-state index contributed by atoms with van der Waals surface area (Å²) in [5, 5.41) is 3.13. The van der Waals surface area contributed by atoms with Crippen LogP contribution in [-0.4, -0.2) is 26.9 Å². The largest absolute Gasteiger partial charge is 0.352 e. The Labute approximate surface area is 179 Å². The predicted molar refractivity (Wildman–Crippen MR) is 119 cm³/mol. The van der Waals surface area contributed by atoms with Crippen molar-refractivity contribution in [2.24, 2.45) is 11.8 Å². The number of hydrogen-bond acceptors (Lipinski definition) is 3. The average Bonchev–Trinajstić information content (AvgIpc) is 3.30. The third-order valence-electron chi connectivity index (χ3n) is 6.60. The number of anilines is 1. The topological polar surface area (TPSA) is 66.5 Å². The Morgan fingerprint density at radius 1 is 1.00 bits per heavy atom. The first kappa shape index (κ1) is 20.9. The van der Waals surface area contributed by atoms with Gasteiger partial charge in [0.05, 0.1) is 10.6 Å². The molecule has 2 aromatic rings. The minimum Gasteiger partial charge on any atom is -0.352 e. The van der Waals surface area contributed by atoms with Crippen LogP contribution in [0.1, 0.15) is 42.4 Å². The van der Waals surface area contributed by atoms with Gasteiger partial charge < -0.3 is 5.32 Å². The van der Waals surface area contributed by atoms with Crippen LogP contribution < -0.4 is 9.62 Å². The number of benzene rings is 2. The van der Waals surface area contributed by atoms with Gasteiger partial charge in [0.15, 0.2) is 0 Å². The van der Waals surface area contributed by atoms with Crippen LogP contribution in [0.25, 0.3) is 0 Å². The van der Waals surface area contributed by atoms with Crippen molar-refractivity contribution < 1.29 is 13.2 Å². The first-order valence-corrected chi connectivity index (χ1v) is 12.1. The van der Waals surface area contributed by atoms with Crippen molar-refractivity contribution in [1.82, 2.24) is 5.32 Å². The van der Waals surface area contributed by atoms with Gasteiger partial charge in [0.2, 0.25) is 5.91 Å². The Kier molecular flexibility index (Phi) is 5.62. The van der Waals surface area contributed by atoms with Crippen LogP contribution in [0.3, 0.4) is 0 Å². The van der Waals surface area contributed by atoms with E-state index in [1.165, 1.54) is 17.1 Å². The van der Waals surface area contributed by atoms with Gasteiger partial charge in [0.1, 0.15) is 6.54 Å². The molecule has 2 saturated carbocycles. The van der Waals surface area contributed by atoms with E-state index in [1.807, 2.05) is 32.9 Å². The zero-order valence-corrected chi connectivity index (χ0v) is 18.7. The summed E-state index contributed by atoms with van der Waals surface area (Å²) in [6, 6.07) is 12.6. The summed E-state index contributed by atoms with van der Waals surface area (Å²) in [7, 11) is -3.87. The van der Waals surface area contributed by atoms with Crippen LogP contribution >= 0.6 is 0 Å². The quantitative estimate of drug-likeness (QED) is 0.756. The van der Waals surface area contributed by atoms with Gasteiger partial charge in [-0.3, -0.25) is 9.10 Å². The highest BCUT2D eigenvalue weighted by Crippen LogP contribution is 2.44. The lowest BCUT2D eigenvalue weighted by Crippen LogP contribution is -2.46. The number of rotatable bonds is 6. The van der Waals surface area contributed by atoms with Crippen molar-refractivity contribution in [2.75, 3.05) is 10.8 Å². The molecule has 0 unspecified atom stereocenters. The van der Waals surface area contributed by atoms with E-state index < -0.39 is 10.0 Å². The second kappa shape index (κ2) is 8.06. The molecular formula is C24H30N2O3S. The second-order valence-electron chi connectivity index (χ2n) is 8.96. The Morgan fingerprint density at radius 2 is 1.70 bits per heavy atom. The van der Waals surface area contributed by atoms with Crippen LogP contribution in [0.15, 0.2) is 47.4 Å². The number of sulfonamides is 1. The highest BCUT2D eigenvalue weighted by molar-refractivity contribution is 7.92. The van der Waals surface area contributed by atoms with Gasteiger partial charge in [-0.05, 0) is 75.6 Å². The molecule has 2 aromatic carbocycles. The molecule has 2 aliphatic rings. The molecule has 2 fully saturated rings. The molecule has 0 radical (unpaired) electrons. The van der Waals surface area contributed by atoms with Crippen LogP contribution in [0.4, 0.5) is 5.69 Å². The molecule has 5 nitrogen and oxygen atoms in total. The molecule has 6 heteroatoms. The highest BCUT2D eigenvalue weighted by atomic mass is 32.2. The fourth-order valence-corrected chi connectivity index (χ4v) is 6.51. The number of nitrogens with zero attached hydrogens (tertiary/aromatic N) is 1. The van der Waals surface area contributed by atoms with Crippen molar-refractivity contribution in [3.63, 3.8) is 0 Å². The zero-order chi connectivity index (χ0) is 21.5. The van der Waals surface area contributed by atoms with Crippen LogP contribution in [0, 0.1) is 32.6 Å². The van der Waals surface area contributed by atoms with Crippen LogP contribution in [-0.2, 0) is 14.8 Å². The number of nitrogens with one attached hydrogen (secondary N) is 1. The van der Waals surface area contributed by atoms with Crippen LogP contribution in [0.5, 0.6) is 0 Å². The summed E-state index contributed by atoms with van der Waals surface area (Å²) >= 11 is 0. The maximum Gasteiger partial charge on any atom is 0.264 e. The summed E-state index contributed by atoms with van der Waals surface area (Å²) in [5.74, 6) is 1.03. The third kappa shape index (κ3) is 4.10. The lowest BCUT2D eigenvalue weighted by atomic mass is 9.95. The first-order chi connectivity index (χ1) is 14.2. The van der Waals surface area contributed by atoms with Gasteiger partial charge in [0.25, 0.3) is 10.0 Å². The minimum atomic E-state index is -3.87. The predicted octanol–water partition coefficient (Wildman–Crippen LogP) is 4.11. The first-order valence-electron chi connectivity index (χ1n) is 10.7. The minimum absolute atomic E-state index is 0.180. The van der Waals surface area contributed by atoms with Crippen molar-refractivity contribution >= 4 is 21.6 Å². The number of amides is 1. The van der Waals surface area contributed by atoms with E-state index in [1.54, 1.807) is 30.3 Å². The molecule has 0 saturated heterocycles. The Balaban J connectivity index is 1.63. The number of hydrogen-bond donors (Lipinski definition) is 1. The zero-order valence-electron chi connectivity index (χ0n) is 17.9. The molecule has 30 heavy (non-hydrogen) atoms. The molecule has 2 bridgehead atoms. The number of carbonyl (C=O) groups is 1. The molecule has 3 atom stereocenters. The lowest BCUT2D eigenvalue weighted by Gasteiger charge is -2.28. The van der Waals surface area contributed by atoms with E-state index in [4.69, 9.17) is 0 Å². The Morgan fingerprint density at radius 3 is 2.30 bits per heavy atom. The molecular weight excluding hydrogens is 396 g/mol. The Hall–Kier alpha value is -2.34. The van der Waals surface area contributed by atoms with Gasteiger partial charge in [-0.25, -0.2) is 8.42 Å². The van der Waals surface area contributed by atoms with E-state index in [2.05, 4.69) is 5.32 Å². The third-order valence-corrected chi connectivity index (χ3v) is 8.38. The molecule has 160 valence electrons. The summed E-state index contributed by atoms with van der Waals surface area (Å²) in [5.41, 5.74) is 3.42. The van der Waals surface area contributed by atoms with Crippen molar-refractivity contribution in [3.05, 3.63) is 59.2 Å². The summed E-state index contributed by atoms with van der Waals surface area (Å²) in [6.45, 7) is 5.56. The van der Waals surface area contributed by atoms with Crippen molar-refractivity contribution in [2.45, 2.75) is 57.4 Å². The number of aryl methyl sites for hydroxylation is 3. The molecule has 4 rings (SSSR count). The Bertz CT molecular complexity index is 1050. The van der Waals surface area contributed by atoms with Gasteiger partial charge in [0, 0.05) is 6.04 Å². The monoisotopic (exact) mass is 426 g/mol. The lowest BCUT2D eigenvalue weighted by molar-refractivity contribution is -0.120. The standard InChI is InChI=1S/C24H30N2O3S/c1-16-4-9-21(10-5-16)30(28,29)26(23-11-6-17(2)12-18(23)3)15-24(27)25-22-14-19-7-8-20(22)13-19/h4-6,9-12,19-20,22H,7-8,13-15H2,1-3H3,(H,25,27)/t19-,20-,22-/m0/s1. The SMILES string of the molecule is Cc1ccc(S(=O)(=O)N(CC(=O)N[C@H]2C[C@H]3CC[C@H]2C3)c2ccc(C)cc2C)cc1. The van der Waals surface area contributed by atoms with E-state index in [9.17, 15) is 13.2 Å². The van der Waals surface area contributed by atoms with E-state index in [0.717, 1.165) is 29.5 Å². The van der Waals surface area contributed by atoms with Gasteiger partial charge in [-0.2, -0.15) is 0 Å². The average molecular weight is 427 g/mol. The molecule has 2 aliphatic carbocycles. The molecule has 1 amide bonds. The van der Waals surface area contributed by atoms with Gasteiger partial charge in [-0.15, -0.1) is 0 Å². The molecule has 0 spiro atoms. The summed E-state index contributed by atoms with van der Waals surface area (Å²) < 4.78 is 28.3. The number of carbonyl (C=O) groups excluding carboxylic acids is 1. The van der Waals surface area contributed by atoms with Gasteiger partial charge in [-0.1, -0.05) is 41.8 Å². The number of fused-ring (bicyclic) bond motifs is 2. The summed E-state index contributed by atoms with van der Waals surface area (Å²) in [4.78, 5) is 13.1. The molecule has 1 N–H and O–H groups in total. The van der Waals surface area contributed by atoms with Crippen molar-refractivity contribution in [1.29, 1.82) is 0 Å². The van der Waals surface area contributed by atoms with E-state index >= 15 is 0 Å². The fourth-order valence-electron chi connectivity index (χ4n) is 5.03. The van der Waals surface area contributed by atoms with E-state index in [-0.39, 0.29) is 23.4 Å². The smallest absolute Gasteiger partial charge is 0.264 e. The van der Waals surface area contributed by atoms with Crippen LogP contribution in [0.2, 0.25) is 0 Å². The van der Waals surface area contributed by atoms with Gasteiger partial charge >= 0.3 is 0 Å². The highest BCUT2D eigenvalue weighted by Gasteiger charge is 2.40. The van der Waals surface area contributed by atoms with E-state index in [0.29, 0.717) is 17.5 Å².